The van der Waals surface area contributed by atoms with Crippen molar-refractivity contribution < 1.29 is 22.7 Å². The van der Waals surface area contributed by atoms with Crippen molar-refractivity contribution in [3.05, 3.63) is 53.5 Å². The van der Waals surface area contributed by atoms with E-state index < -0.39 is 17.8 Å². The van der Waals surface area contributed by atoms with Crippen molar-refractivity contribution in [1.29, 1.82) is 0 Å². The molecule has 2 rings (SSSR count). The summed E-state index contributed by atoms with van der Waals surface area (Å²) in [5.41, 5.74) is 5.18. The molecule has 1 heterocycles. The summed E-state index contributed by atoms with van der Waals surface area (Å²) in [4.78, 5) is 0. The van der Waals surface area contributed by atoms with Crippen LogP contribution in [0, 0.1) is 0 Å². The third-order valence-corrected chi connectivity index (χ3v) is 2.57. The van der Waals surface area contributed by atoms with Gasteiger partial charge in [0.2, 0.25) is 0 Å². The van der Waals surface area contributed by atoms with Crippen molar-refractivity contribution in [2.75, 3.05) is 5.73 Å². The van der Waals surface area contributed by atoms with E-state index in [1.807, 2.05) is 0 Å². The van der Waals surface area contributed by atoms with Gasteiger partial charge in [0.05, 0.1) is 18.1 Å². The second kappa shape index (κ2) is 4.38. The van der Waals surface area contributed by atoms with E-state index in [0.717, 1.165) is 18.2 Å². The van der Waals surface area contributed by atoms with Crippen LogP contribution in [0.4, 0.5) is 18.9 Å². The van der Waals surface area contributed by atoms with Gasteiger partial charge in [-0.3, -0.25) is 0 Å². The molecule has 96 valence electrons. The summed E-state index contributed by atoms with van der Waals surface area (Å²) in [5, 5.41) is 9.94. The molecule has 0 amide bonds. The fraction of sp³-hybridized carbons (Fsp3) is 0.167. The zero-order valence-electron chi connectivity index (χ0n) is 9.11. The first-order chi connectivity index (χ1) is 8.39. The molecule has 18 heavy (non-hydrogen) atoms. The SMILES string of the molecule is Nc1ccc(C(F)(F)F)cc1C(O)c1ccoc1. The highest BCUT2D eigenvalue weighted by Crippen LogP contribution is 2.34. The first-order valence-electron chi connectivity index (χ1n) is 5.06. The highest BCUT2D eigenvalue weighted by Gasteiger charge is 2.31. The monoisotopic (exact) mass is 257 g/mol. The van der Waals surface area contributed by atoms with Crippen molar-refractivity contribution >= 4 is 5.69 Å². The predicted molar refractivity (Wildman–Crippen MR) is 58.6 cm³/mol. The fourth-order valence-electron chi connectivity index (χ4n) is 1.60. The minimum atomic E-state index is -4.47. The van der Waals surface area contributed by atoms with E-state index in [1.165, 1.54) is 18.6 Å². The molecule has 0 saturated heterocycles. The van der Waals surface area contributed by atoms with Crippen LogP contribution >= 0.6 is 0 Å². The van der Waals surface area contributed by atoms with Crippen molar-refractivity contribution in [3.63, 3.8) is 0 Å². The smallest absolute Gasteiger partial charge is 0.416 e. The van der Waals surface area contributed by atoms with E-state index in [4.69, 9.17) is 10.2 Å². The predicted octanol–water partition coefficient (Wildman–Crippen LogP) is 2.96. The number of furan rings is 1. The number of halogens is 3. The maximum Gasteiger partial charge on any atom is 0.416 e. The zero-order chi connectivity index (χ0) is 13.3. The first-order valence-corrected chi connectivity index (χ1v) is 5.06. The zero-order valence-corrected chi connectivity index (χ0v) is 9.11. The van der Waals surface area contributed by atoms with Gasteiger partial charge in [-0.2, -0.15) is 13.2 Å². The summed E-state index contributed by atoms with van der Waals surface area (Å²) < 4.78 is 42.5. The molecule has 1 aromatic heterocycles. The number of hydrogen-bond acceptors (Lipinski definition) is 3. The third kappa shape index (κ3) is 2.33. The van der Waals surface area contributed by atoms with Gasteiger partial charge < -0.3 is 15.3 Å². The second-order valence-electron chi connectivity index (χ2n) is 3.80. The number of aliphatic hydroxyl groups excluding tert-OH is 1. The van der Waals surface area contributed by atoms with E-state index in [-0.39, 0.29) is 11.3 Å². The molecular formula is C12H10F3NO2. The van der Waals surface area contributed by atoms with Gasteiger partial charge in [0, 0.05) is 16.8 Å². The molecule has 0 saturated carbocycles. The molecule has 0 radical (unpaired) electrons. The molecule has 2 aromatic rings. The molecule has 0 aliphatic rings. The van der Waals surface area contributed by atoms with E-state index >= 15 is 0 Å². The van der Waals surface area contributed by atoms with Gasteiger partial charge in [0.1, 0.15) is 6.10 Å². The molecule has 3 nitrogen and oxygen atoms in total. The Bertz CT molecular complexity index is 535. The molecule has 6 heteroatoms. The Morgan fingerprint density at radius 2 is 1.94 bits per heavy atom. The van der Waals surface area contributed by atoms with Gasteiger partial charge in [0.25, 0.3) is 0 Å². The van der Waals surface area contributed by atoms with Crippen LogP contribution in [0.3, 0.4) is 0 Å². The molecule has 1 atom stereocenters. The van der Waals surface area contributed by atoms with Crippen LogP contribution in [0.15, 0.2) is 41.2 Å². The lowest BCUT2D eigenvalue weighted by molar-refractivity contribution is -0.137. The van der Waals surface area contributed by atoms with Crippen molar-refractivity contribution in [3.8, 4) is 0 Å². The topological polar surface area (TPSA) is 59.4 Å². The van der Waals surface area contributed by atoms with Crippen LogP contribution in [0.1, 0.15) is 22.8 Å². The van der Waals surface area contributed by atoms with Crippen LogP contribution in [0.2, 0.25) is 0 Å². The highest BCUT2D eigenvalue weighted by molar-refractivity contribution is 5.52. The summed E-state index contributed by atoms with van der Waals surface area (Å²) in [5.74, 6) is 0. The quantitative estimate of drug-likeness (QED) is 0.813. The molecule has 1 unspecified atom stereocenters. The van der Waals surface area contributed by atoms with Crippen LogP contribution in [-0.2, 0) is 6.18 Å². The number of aliphatic hydroxyl groups is 1. The number of benzene rings is 1. The Kier molecular flexibility index (Phi) is 3.04. The minimum absolute atomic E-state index is 0.00576. The largest absolute Gasteiger partial charge is 0.472 e. The van der Waals surface area contributed by atoms with Gasteiger partial charge >= 0.3 is 6.18 Å². The minimum Gasteiger partial charge on any atom is -0.472 e. The lowest BCUT2D eigenvalue weighted by Gasteiger charge is -2.15. The Morgan fingerprint density at radius 3 is 2.50 bits per heavy atom. The lowest BCUT2D eigenvalue weighted by Crippen LogP contribution is -2.09. The lowest BCUT2D eigenvalue weighted by atomic mass is 10.00. The first kappa shape index (κ1) is 12.5. The van der Waals surface area contributed by atoms with Crippen LogP contribution in [0.5, 0.6) is 0 Å². The summed E-state index contributed by atoms with van der Waals surface area (Å²) in [6, 6.07) is 4.31. The number of rotatable bonds is 2. The maximum atomic E-state index is 12.6. The standard InChI is InChI=1S/C12H10F3NO2/c13-12(14,15)8-1-2-10(16)9(5-8)11(17)7-3-4-18-6-7/h1-6,11,17H,16H2. The Morgan fingerprint density at radius 1 is 1.22 bits per heavy atom. The maximum absolute atomic E-state index is 12.6. The Hall–Kier alpha value is -1.95. The van der Waals surface area contributed by atoms with Crippen molar-refractivity contribution in [2.24, 2.45) is 0 Å². The van der Waals surface area contributed by atoms with Gasteiger partial charge in [0.15, 0.2) is 0 Å². The molecule has 0 fully saturated rings. The third-order valence-electron chi connectivity index (χ3n) is 2.57. The normalized spacial score (nSPS) is 13.6. The van der Waals surface area contributed by atoms with E-state index in [2.05, 4.69) is 0 Å². The average molecular weight is 257 g/mol. The van der Waals surface area contributed by atoms with Gasteiger partial charge in [-0.15, -0.1) is 0 Å². The second-order valence-corrected chi connectivity index (χ2v) is 3.80. The molecule has 3 N–H and O–H groups in total. The molecule has 0 aliphatic heterocycles. The number of nitrogens with two attached hydrogens (primary N) is 1. The highest BCUT2D eigenvalue weighted by atomic mass is 19.4. The van der Waals surface area contributed by atoms with Gasteiger partial charge in [-0.1, -0.05) is 0 Å². The Labute approximate surface area is 101 Å². The number of nitrogen functional groups attached to an aromatic ring is 1. The fourth-order valence-corrected chi connectivity index (χ4v) is 1.60. The van der Waals surface area contributed by atoms with Gasteiger partial charge in [-0.05, 0) is 24.3 Å². The number of alkyl halides is 3. The summed E-state index contributed by atoms with van der Waals surface area (Å²) in [7, 11) is 0. The van der Waals surface area contributed by atoms with E-state index in [1.54, 1.807) is 0 Å². The molecule has 1 aromatic carbocycles. The van der Waals surface area contributed by atoms with Crippen LogP contribution in [-0.4, -0.2) is 5.11 Å². The van der Waals surface area contributed by atoms with Gasteiger partial charge in [-0.25, -0.2) is 0 Å². The van der Waals surface area contributed by atoms with Crippen molar-refractivity contribution in [2.45, 2.75) is 12.3 Å². The summed E-state index contributed by atoms with van der Waals surface area (Å²) >= 11 is 0. The van der Waals surface area contributed by atoms with Crippen LogP contribution in [0.25, 0.3) is 0 Å². The molecule has 0 spiro atoms. The average Bonchev–Trinajstić information content (AvgIpc) is 2.80. The number of hydrogen-bond donors (Lipinski definition) is 2. The molecular weight excluding hydrogens is 247 g/mol. The molecule has 0 aliphatic carbocycles. The van der Waals surface area contributed by atoms with Crippen molar-refractivity contribution in [1.82, 2.24) is 0 Å². The van der Waals surface area contributed by atoms with E-state index in [0.29, 0.717) is 5.56 Å². The summed E-state index contributed by atoms with van der Waals surface area (Å²) in [6.45, 7) is 0. The number of anilines is 1. The van der Waals surface area contributed by atoms with E-state index in [9.17, 15) is 18.3 Å². The summed E-state index contributed by atoms with van der Waals surface area (Å²) in [6.07, 6.45) is -3.14. The molecule has 0 bridgehead atoms. The Balaban J connectivity index is 2.44. The van der Waals surface area contributed by atoms with Crippen LogP contribution < -0.4 is 5.73 Å².